The maximum absolute atomic E-state index is 11.8. The molecular formula is C12H18N6O2. The van der Waals surface area contributed by atoms with Gasteiger partial charge >= 0.3 is 5.97 Å². The molecule has 0 bridgehead atoms. The molecular weight excluding hydrogens is 260 g/mol. The maximum atomic E-state index is 11.8. The molecule has 20 heavy (non-hydrogen) atoms. The molecule has 0 aliphatic heterocycles. The molecule has 8 nitrogen and oxygen atoms in total. The molecule has 2 rings (SSSR count). The van der Waals surface area contributed by atoms with Crippen LogP contribution in [0, 0.1) is 6.92 Å². The number of esters is 1. The van der Waals surface area contributed by atoms with Crippen LogP contribution in [0.4, 0.5) is 5.82 Å². The minimum atomic E-state index is -0.517. The fraction of sp³-hybridized carbons (Fsp3) is 0.500. The van der Waals surface area contributed by atoms with Crippen LogP contribution < -0.4 is 5.73 Å². The molecule has 0 fully saturated rings. The number of carbonyl (C=O) groups is 1. The topological polar surface area (TPSA) is 101 Å². The predicted molar refractivity (Wildman–Crippen MR) is 72.1 cm³/mol. The Morgan fingerprint density at radius 2 is 2.25 bits per heavy atom. The summed E-state index contributed by atoms with van der Waals surface area (Å²) in [4.78, 5) is 16.0. The van der Waals surface area contributed by atoms with Gasteiger partial charge < -0.3 is 19.6 Å². The summed E-state index contributed by atoms with van der Waals surface area (Å²) in [7, 11) is 1.85. The highest BCUT2D eigenvalue weighted by atomic mass is 16.5. The molecule has 1 unspecified atom stereocenters. The van der Waals surface area contributed by atoms with Crippen LogP contribution in [0.2, 0.25) is 0 Å². The molecule has 1 atom stereocenters. The molecule has 108 valence electrons. The van der Waals surface area contributed by atoms with Crippen LogP contribution in [0.15, 0.2) is 6.33 Å². The van der Waals surface area contributed by atoms with E-state index in [0.717, 1.165) is 5.82 Å². The van der Waals surface area contributed by atoms with Gasteiger partial charge in [0.25, 0.3) is 0 Å². The van der Waals surface area contributed by atoms with Gasteiger partial charge in [-0.05, 0) is 20.8 Å². The number of nitrogens with two attached hydrogens (primary N) is 1. The van der Waals surface area contributed by atoms with Crippen LogP contribution in [0.3, 0.4) is 0 Å². The first-order valence-corrected chi connectivity index (χ1v) is 6.32. The standard InChI is InChI=1S/C12H18N6O2/c1-5-20-12(19)9-10(13)18(8(3)15-9)7(2)11-16-14-6-17(11)4/h6-7H,5,13H2,1-4H3. The summed E-state index contributed by atoms with van der Waals surface area (Å²) in [5, 5.41) is 7.90. The molecule has 0 saturated heterocycles. The lowest BCUT2D eigenvalue weighted by Gasteiger charge is -2.15. The van der Waals surface area contributed by atoms with Gasteiger partial charge in [0.15, 0.2) is 11.5 Å². The fourth-order valence-corrected chi connectivity index (χ4v) is 2.19. The average molecular weight is 278 g/mol. The van der Waals surface area contributed by atoms with Crippen molar-refractivity contribution in [2.45, 2.75) is 26.8 Å². The first kappa shape index (κ1) is 14.0. The molecule has 8 heteroatoms. The molecule has 2 heterocycles. The van der Waals surface area contributed by atoms with Crippen LogP contribution in [0.5, 0.6) is 0 Å². The first-order chi connectivity index (χ1) is 9.47. The summed E-state index contributed by atoms with van der Waals surface area (Å²) in [6.07, 6.45) is 1.61. The predicted octanol–water partition coefficient (Wildman–Crippen LogP) is 0.688. The highest BCUT2D eigenvalue weighted by Crippen LogP contribution is 2.24. The monoisotopic (exact) mass is 278 g/mol. The minimum Gasteiger partial charge on any atom is -0.461 e. The normalized spacial score (nSPS) is 12.4. The first-order valence-electron chi connectivity index (χ1n) is 6.32. The van der Waals surface area contributed by atoms with Gasteiger partial charge in [-0.2, -0.15) is 0 Å². The van der Waals surface area contributed by atoms with Gasteiger partial charge in [-0.1, -0.05) is 0 Å². The van der Waals surface area contributed by atoms with E-state index in [0.29, 0.717) is 5.82 Å². The Labute approximate surface area is 116 Å². The Morgan fingerprint density at radius 3 is 2.80 bits per heavy atom. The van der Waals surface area contributed by atoms with Gasteiger partial charge in [0.2, 0.25) is 0 Å². The van der Waals surface area contributed by atoms with E-state index in [9.17, 15) is 4.79 Å². The number of hydrogen-bond acceptors (Lipinski definition) is 6. The van der Waals surface area contributed by atoms with Crippen LogP contribution >= 0.6 is 0 Å². The van der Waals surface area contributed by atoms with Crippen molar-refractivity contribution >= 4 is 11.8 Å². The minimum absolute atomic E-state index is 0.137. The van der Waals surface area contributed by atoms with E-state index in [4.69, 9.17) is 10.5 Å². The summed E-state index contributed by atoms with van der Waals surface area (Å²) < 4.78 is 8.49. The van der Waals surface area contributed by atoms with E-state index in [-0.39, 0.29) is 24.2 Å². The third-order valence-corrected chi connectivity index (χ3v) is 3.10. The Bertz CT molecular complexity index is 630. The van der Waals surface area contributed by atoms with Gasteiger partial charge in [0.05, 0.1) is 12.6 Å². The molecule has 0 spiro atoms. The van der Waals surface area contributed by atoms with Crippen molar-refractivity contribution in [2.24, 2.45) is 7.05 Å². The molecule has 0 amide bonds. The zero-order chi connectivity index (χ0) is 14.9. The summed E-state index contributed by atoms with van der Waals surface area (Å²) in [6.45, 7) is 5.72. The largest absolute Gasteiger partial charge is 0.461 e. The van der Waals surface area contributed by atoms with E-state index >= 15 is 0 Å². The number of hydrogen-bond donors (Lipinski definition) is 1. The van der Waals surface area contributed by atoms with Gasteiger partial charge in [-0.25, -0.2) is 9.78 Å². The lowest BCUT2D eigenvalue weighted by atomic mass is 10.3. The Morgan fingerprint density at radius 1 is 1.55 bits per heavy atom. The number of carbonyl (C=O) groups excluding carboxylic acids is 1. The van der Waals surface area contributed by atoms with Crippen molar-refractivity contribution < 1.29 is 9.53 Å². The third kappa shape index (κ3) is 2.24. The second-order valence-corrected chi connectivity index (χ2v) is 4.46. The number of aryl methyl sites for hydroxylation is 2. The zero-order valence-electron chi connectivity index (χ0n) is 12.0. The second kappa shape index (κ2) is 5.32. The van der Waals surface area contributed by atoms with Crippen molar-refractivity contribution in [3.05, 3.63) is 23.7 Å². The van der Waals surface area contributed by atoms with Crippen molar-refractivity contribution in [1.82, 2.24) is 24.3 Å². The summed E-state index contributed by atoms with van der Waals surface area (Å²) in [6, 6.07) is -0.182. The van der Waals surface area contributed by atoms with E-state index in [2.05, 4.69) is 15.2 Å². The number of rotatable bonds is 4. The van der Waals surface area contributed by atoms with Gasteiger partial charge in [0, 0.05) is 7.05 Å². The van der Waals surface area contributed by atoms with Crippen molar-refractivity contribution in [3.63, 3.8) is 0 Å². The Kier molecular flexibility index (Phi) is 3.73. The smallest absolute Gasteiger partial charge is 0.360 e. The number of nitrogen functional groups attached to an aromatic ring is 1. The number of anilines is 1. The van der Waals surface area contributed by atoms with Crippen LogP contribution in [-0.4, -0.2) is 36.9 Å². The molecule has 0 aliphatic carbocycles. The van der Waals surface area contributed by atoms with E-state index in [1.54, 1.807) is 29.3 Å². The molecule has 0 aliphatic rings. The zero-order valence-corrected chi connectivity index (χ0v) is 12.0. The number of nitrogens with zero attached hydrogens (tertiary/aromatic N) is 5. The second-order valence-electron chi connectivity index (χ2n) is 4.46. The van der Waals surface area contributed by atoms with Crippen LogP contribution in [0.1, 0.15) is 42.0 Å². The van der Waals surface area contributed by atoms with Crippen molar-refractivity contribution in [2.75, 3.05) is 12.3 Å². The van der Waals surface area contributed by atoms with Gasteiger partial charge in [0.1, 0.15) is 18.0 Å². The van der Waals surface area contributed by atoms with Gasteiger partial charge in [-0.3, -0.25) is 0 Å². The summed E-state index contributed by atoms with van der Waals surface area (Å²) in [5.41, 5.74) is 6.17. The number of ether oxygens (including phenoxy) is 1. The lowest BCUT2D eigenvalue weighted by molar-refractivity contribution is 0.0521. The average Bonchev–Trinajstić information content (AvgIpc) is 2.93. The van der Waals surface area contributed by atoms with E-state index < -0.39 is 5.97 Å². The molecule has 2 N–H and O–H groups in total. The van der Waals surface area contributed by atoms with E-state index in [1.165, 1.54) is 0 Å². The summed E-state index contributed by atoms with van der Waals surface area (Å²) >= 11 is 0. The Balaban J connectivity index is 2.43. The lowest BCUT2D eigenvalue weighted by Crippen LogP contribution is -2.16. The SMILES string of the molecule is CCOC(=O)c1nc(C)n(C(C)c2nncn2C)c1N. The van der Waals surface area contributed by atoms with E-state index in [1.807, 2.05) is 14.0 Å². The number of aromatic nitrogens is 5. The van der Waals surface area contributed by atoms with Crippen molar-refractivity contribution in [3.8, 4) is 0 Å². The quantitative estimate of drug-likeness (QED) is 0.826. The number of imidazole rings is 1. The molecule has 0 radical (unpaired) electrons. The van der Waals surface area contributed by atoms with Crippen LogP contribution in [0.25, 0.3) is 0 Å². The Hall–Kier alpha value is -2.38. The highest BCUT2D eigenvalue weighted by Gasteiger charge is 2.24. The summed E-state index contributed by atoms with van der Waals surface area (Å²) in [5.74, 6) is 1.11. The third-order valence-electron chi connectivity index (χ3n) is 3.10. The van der Waals surface area contributed by atoms with Crippen molar-refractivity contribution in [1.29, 1.82) is 0 Å². The molecule has 0 aromatic carbocycles. The van der Waals surface area contributed by atoms with Crippen LogP contribution in [-0.2, 0) is 11.8 Å². The van der Waals surface area contributed by atoms with Gasteiger partial charge in [-0.15, -0.1) is 10.2 Å². The maximum Gasteiger partial charge on any atom is 0.360 e. The fourth-order valence-electron chi connectivity index (χ4n) is 2.19. The molecule has 0 saturated carbocycles. The molecule has 2 aromatic heterocycles. The molecule has 2 aromatic rings. The highest BCUT2D eigenvalue weighted by molar-refractivity contribution is 5.92.